The highest BCUT2D eigenvalue weighted by Gasteiger charge is 2.30. The van der Waals surface area contributed by atoms with E-state index in [1.54, 1.807) is 30.3 Å². The van der Waals surface area contributed by atoms with Crippen molar-refractivity contribution < 1.29 is 31.8 Å². The number of aromatic hydroxyl groups is 1. The van der Waals surface area contributed by atoms with E-state index in [0.717, 1.165) is 11.8 Å². The normalized spacial score (nSPS) is 13.0. The number of benzene rings is 3. The zero-order chi connectivity index (χ0) is 31.5. The maximum atomic E-state index is 13.1. The molecule has 3 aromatic carbocycles. The van der Waals surface area contributed by atoms with Crippen molar-refractivity contribution in [3.05, 3.63) is 100 Å². The van der Waals surface area contributed by atoms with Crippen LogP contribution in [0.1, 0.15) is 36.7 Å². The molecular weight excluding hydrogens is 580 g/mol. The second kappa shape index (κ2) is 15.5. The molecule has 0 aliphatic carbocycles. The Kier molecular flexibility index (Phi) is 12.7. The Morgan fingerprint density at radius 3 is 1.95 bits per heavy atom. The fourth-order valence-corrected chi connectivity index (χ4v) is 6.15. The predicted octanol–water partition coefficient (Wildman–Crippen LogP) is 4.61. The number of rotatable bonds is 12. The van der Waals surface area contributed by atoms with Gasteiger partial charge in [-0.2, -0.15) is 4.31 Å². The summed E-state index contributed by atoms with van der Waals surface area (Å²) in [6.45, 7) is 5.24. The molecule has 0 aliphatic rings. The van der Waals surface area contributed by atoms with E-state index < -0.39 is 32.0 Å². The third-order valence-electron chi connectivity index (χ3n) is 6.05. The third-order valence-corrected chi connectivity index (χ3v) is 9.03. The van der Waals surface area contributed by atoms with Crippen LogP contribution in [0.3, 0.4) is 0 Å². The fourth-order valence-electron chi connectivity index (χ4n) is 3.88. The number of hydrogen-bond donors (Lipinski definition) is 2. The van der Waals surface area contributed by atoms with Crippen molar-refractivity contribution in [1.29, 1.82) is 0 Å². The highest BCUT2D eigenvalue weighted by Crippen LogP contribution is 2.20. The number of nitrogens with zero attached hydrogens (tertiary/aromatic N) is 4. The number of Topliss-reactive ketones (excluding diaryl/α,β-unsaturated/α-hetero) is 1. The third kappa shape index (κ3) is 10.6. The quantitative estimate of drug-likeness (QED) is 0.129. The maximum Gasteiger partial charge on any atom is 0.243 e. The average Bonchev–Trinajstić information content (AvgIpc) is 2.93. The van der Waals surface area contributed by atoms with Gasteiger partial charge in [-0.05, 0) is 66.8 Å². The Morgan fingerprint density at radius 2 is 1.48 bits per heavy atom. The first-order valence-electron chi connectivity index (χ1n) is 13.0. The van der Waals surface area contributed by atoms with Crippen molar-refractivity contribution in [3.63, 3.8) is 0 Å². The van der Waals surface area contributed by atoms with Gasteiger partial charge in [-0.15, -0.1) is 0 Å². The molecule has 0 saturated carbocycles. The highest BCUT2D eigenvalue weighted by molar-refractivity contribution is 7.90. The van der Waals surface area contributed by atoms with E-state index in [9.17, 15) is 31.8 Å². The number of ketones is 1. The lowest BCUT2D eigenvalue weighted by atomic mass is 10.0. The van der Waals surface area contributed by atoms with Crippen LogP contribution in [-0.2, 0) is 26.3 Å². The summed E-state index contributed by atoms with van der Waals surface area (Å²) in [5.74, 6) is 0.0717. The van der Waals surface area contributed by atoms with Gasteiger partial charge in [0.05, 0.1) is 21.9 Å². The summed E-state index contributed by atoms with van der Waals surface area (Å²) < 4.78 is 49.4. The van der Waals surface area contributed by atoms with Crippen LogP contribution >= 0.6 is 0 Å². The molecule has 2 N–H and O–H groups in total. The number of phenolic OH excluding ortho intramolecular Hbond substituents is 1. The van der Waals surface area contributed by atoms with Crippen molar-refractivity contribution in [2.45, 2.75) is 49.1 Å². The number of phenols is 1. The highest BCUT2D eigenvalue weighted by atomic mass is 32.2. The minimum absolute atomic E-state index is 0.0377. The molecule has 0 amide bonds. The molecule has 2 atom stereocenters. The summed E-state index contributed by atoms with van der Waals surface area (Å²) in [4.78, 5) is 14.0. The number of carbonyl (C=O) groups excluding carboxylic acids is 1. The van der Waals surface area contributed by atoms with Crippen molar-refractivity contribution in [3.8, 4) is 5.75 Å². The minimum Gasteiger partial charge on any atom is -0.508 e. The van der Waals surface area contributed by atoms with Gasteiger partial charge in [-0.3, -0.25) is 4.79 Å². The number of sulfone groups is 1. The maximum absolute atomic E-state index is 13.1. The molecule has 0 aromatic heterocycles. The summed E-state index contributed by atoms with van der Waals surface area (Å²) >= 11 is 0. The SMILES string of the molecule is CC(=O)c1ccc(S(C)(=O)=O)cc1.CC(C)CN(CC(O)[C@H](Cc1ccc(O)cc1)N=[N+]=[N-])S(=O)(=O)c1ccccc1. The Hall–Kier alpha value is -3.74. The number of aliphatic hydroxyl groups is 1. The van der Waals surface area contributed by atoms with Crippen LogP contribution < -0.4 is 0 Å². The molecule has 0 bridgehead atoms. The molecule has 0 saturated heterocycles. The van der Waals surface area contributed by atoms with Gasteiger partial charge in [-0.1, -0.05) is 61.4 Å². The molecule has 3 rings (SSSR count). The van der Waals surface area contributed by atoms with Gasteiger partial charge in [0.25, 0.3) is 0 Å². The summed E-state index contributed by atoms with van der Waals surface area (Å²) in [5, 5.41) is 23.8. The second-order valence-corrected chi connectivity index (χ2v) is 14.0. The minimum atomic E-state index is -3.81. The van der Waals surface area contributed by atoms with Crippen LogP contribution in [0, 0.1) is 5.92 Å². The van der Waals surface area contributed by atoms with E-state index in [1.807, 2.05) is 13.8 Å². The van der Waals surface area contributed by atoms with E-state index in [1.165, 1.54) is 59.8 Å². The molecular formula is C29H36N4O7S2. The number of sulfonamides is 1. The van der Waals surface area contributed by atoms with Gasteiger partial charge in [0, 0.05) is 29.8 Å². The Balaban J connectivity index is 0.000000395. The summed E-state index contributed by atoms with van der Waals surface area (Å²) in [5.41, 5.74) is 10.2. The lowest BCUT2D eigenvalue weighted by molar-refractivity contribution is 0.101. The van der Waals surface area contributed by atoms with Crippen molar-refractivity contribution >= 4 is 25.6 Å². The van der Waals surface area contributed by atoms with E-state index in [4.69, 9.17) is 5.53 Å². The van der Waals surface area contributed by atoms with E-state index >= 15 is 0 Å². The van der Waals surface area contributed by atoms with Crippen LogP contribution in [0.25, 0.3) is 10.4 Å². The summed E-state index contributed by atoms with van der Waals surface area (Å²) in [7, 11) is -6.97. The molecule has 0 fully saturated rings. The lowest BCUT2D eigenvalue weighted by Gasteiger charge is -2.28. The fraction of sp³-hybridized carbons (Fsp3) is 0.345. The largest absolute Gasteiger partial charge is 0.508 e. The van der Waals surface area contributed by atoms with Gasteiger partial charge in [0.15, 0.2) is 15.6 Å². The number of azide groups is 1. The Bertz CT molecular complexity index is 1570. The van der Waals surface area contributed by atoms with Crippen molar-refractivity contribution in [1.82, 2.24) is 4.31 Å². The van der Waals surface area contributed by atoms with Crippen LogP contribution in [0.15, 0.2) is 93.8 Å². The van der Waals surface area contributed by atoms with Crippen molar-refractivity contribution in [2.75, 3.05) is 19.3 Å². The van der Waals surface area contributed by atoms with E-state index in [0.29, 0.717) is 5.56 Å². The molecule has 0 radical (unpaired) electrons. The monoisotopic (exact) mass is 616 g/mol. The second-order valence-electron chi connectivity index (χ2n) is 10.1. The summed E-state index contributed by atoms with van der Waals surface area (Å²) in [6.07, 6.45) is 0.152. The van der Waals surface area contributed by atoms with Crippen LogP contribution in [0.5, 0.6) is 5.75 Å². The zero-order valence-corrected chi connectivity index (χ0v) is 25.5. The van der Waals surface area contributed by atoms with Gasteiger partial charge in [0.1, 0.15) is 5.75 Å². The molecule has 3 aromatic rings. The summed E-state index contributed by atoms with van der Waals surface area (Å²) in [6, 6.07) is 19.4. The van der Waals surface area contributed by atoms with E-state index in [-0.39, 0.29) is 46.8 Å². The predicted molar refractivity (Wildman–Crippen MR) is 160 cm³/mol. The average molecular weight is 617 g/mol. The van der Waals surface area contributed by atoms with Crippen LogP contribution in [0.4, 0.5) is 0 Å². The van der Waals surface area contributed by atoms with Crippen LogP contribution in [-0.4, -0.2) is 68.6 Å². The van der Waals surface area contributed by atoms with Gasteiger partial charge < -0.3 is 10.2 Å². The molecule has 11 nitrogen and oxygen atoms in total. The molecule has 42 heavy (non-hydrogen) atoms. The molecule has 0 spiro atoms. The lowest BCUT2D eigenvalue weighted by Crippen LogP contribution is -2.43. The van der Waals surface area contributed by atoms with Gasteiger partial charge >= 0.3 is 0 Å². The number of aliphatic hydroxyl groups excluding tert-OH is 1. The van der Waals surface area contributed by atoms with Crippen LogP contribution in [0.2, 0.25) is 0 Å². The van der Waals surface area contributed by atoms with Gasteiger partial charge in [0.2, 0.25) is 10.0 Å². The van der Waals surface area contributed by atoms with Crippen molar-refractivity contribution in [2.24, 2.45) is 11.0 Å². The molecule has 226 valence electrons. The molecule has 0 aliphatic heterocycles. The first-order chi connectivity index (χ1) is 19.6. The first kappa shape index (κ1) is 34.5. The first-order valence-corrected chi connectivity index (χ1v) is 16.3. The zero-order valence-electron chi connectivity index (χ0n) is 23.9. The topological polar surface area (TPSA) is 178 Å². The standard InChI is InChI=1S/C20H26N4O4S.C9H10O3S/c1-15(2)13-24(29(27,28)18-6-4-3-5-7-18)14-20(26)19(22-23-21)12-16-8-10-17(25)11-9-16;1-7(10)8-3-5-9(6-4-8)13(2,11)12/h3-11,15,19-20,25-26H,12-14H2,1-2H3;3-6H,1-2H3/t19-,20?;/m0./s1. The Morgan fingerprint density at radius 1 is 0.905 bits per heavy atom. The smallest absolute Gasteiger partial charge is 0.243 e. The van der Waals surface area contributed by atoms with E-state index in [2.05, 4.69) is 10.0 Å². The number of carbonyl (C=O) groups is 1. The molecule has 13 heteroatoms. The Labute approximate surface area is 247 Å². The number of hydrogen-bond acceptors (Lipinski definition) is 8. The molecule has 1 unspecified atom stereocenters. The molecule has 0 heterocycles. The van der Waals surface area contributed by atoms with Gasteiger partial charge in [-0.25, -0.2) is 16.8 Å².